The van der Waals surface area contributed by atoms with E-state index in [0.29, 0.717) is 0 Å². The van der Waals surface area contributed by atoms with Gasteiger partial charge in [-0.1, -0.05) is 133 Å². The van der Waals surface area contributed by atoms with Gasteiger partial charge < -0.3 is 4.57 Å². The quantitative estimate of drug-likeness (QED) is 0.161. The molecule has 8 aromatic carbocycles. The maximum absolute atomic E-state index is 5.30. The number of fused-ring (bicyclic) bond motifs is 5. The number of benzene rings is 8. The summed E-state index contributed by atoms with van der Waals surface area (Å²) in [7, 11) is 0. The molecule has 0 radical (unpaired) electrons. The van der Waals surface area contributed by atoms with Crippen LogP contribution in [0.1, 0.15) is 28.8 Å². The van der Waals surface area contributed by atoms with Gasteiger partial charge in [0.2, 0.25) is 0 Å². The second-order valence-electron chi connectivity index (χ2n) is 16.2. The van der Waals surface area contributed by atoms with Crippen LogP contribution in [0.15, 0.2) is 200 Å². The number of para-hydroxylation sites is 6. The lowest BCUT2D eigenvalue weighted by atomic mass is 9.88. The number of allylic oxidation sites excluding steroid dienone is 1. The van der Waals surface area contributed by atoms with E-state index in [1.807, 2.05) is 0 Å². The smallest absolute Gasteiger partial charge is 0.146 e. The molecule has 5 nitrogen and oxygen atoms in total. The zero-order valence-corrected chi connectivity index (χ0v) is 34.3. The molecule has 12 rings (SSSR count). The third-order valence-corrected chi connectivity index (χ3v) is 12.5. The Morgan fingerprint density at radius 1 is 0.403 bits per heavy atom. The molecule has 0 bridgehead atoms. The van der Waals surface area contributed by atoms with Crippen molar-refractivity contribution in [2.24, 2.45) is 0 Å². The average molecular weight is 796 g/mol. The molecule has 5 heteroatoms. The van der Waals surface area contributed by atoms with Gasteiger partial charge >= 0.3 is 0 Å². The van der Waals surface area contributed by atoms with Crippen molar-refractivity contribution < 1.29 is 0 Å². The van der Waals surface area contributed by atoms with Crippen molar-refractivity contribution in [1.29, 1.82) is 0 Å². The highest BCUT2D eigenvalue weighted by Gasteiger charge is 2.26. The summed E-state index contributed by atoms with van der Waals surface area (Å²) >= 11 is 0. The van der Waals surface area contributed by atoms with Gasteiger partial charge in [0.1, 0.15) is 11.6 Å². The minimum Gasteiger partial charge on any atom is -0.313 e. The van der Waals surface area contributed by atoms with E-state index in [1.165, 1.54) is 44.5 Å². The molecule has 1 aliphatic carbocycles. The Hall–Kier alpha value is -8.02. The van der Waals surface area contributed by atoms with Gasteiger partial charge in [0.25, 0.3) is 0 Å². The van der Waals surface area contributed by atoms with Crippen LogP contribution in [0.4, 0.5) is 0 Å². The second kappa shape index (κ2) is 14.6. The molecule has 0 saturated carbocycles. The molecule has 0 saturated heterocycles. The van der Waals surface area contributed by atoms with Crippen molar-refractivity contribution in [3.63, 3.8) is 0 Å². The van der Waals surface area contributed by atoms with Crippen LogP contribution in [0.2, 0.25) is 0 Å². The van der Waals surface area contributed by atoms with Crippen LogP contribution in [0.25, 0.3) is 95.6 Å². The molecule has 62 heavy (non-hydrogen) atoms. The molecule has 11 aromatic rings. The number of aryl methyl sites for hydroxylation is 1. The fraction of sp³-hybridized carbons (Fsp3) is 0.0526. The van der Waals surface area contributed by atoms with Gasteiger partial charge in [0.15, 0.2) is 0 Å². The zero-order chi connectivity index (χ0) is 41.1. The lowest BCUT2D eigenvalue weighted by molar-refractivity contribution is 0.897. The van der Waals surface area contributed by atoms with Gasteiger partial charge in [-0.2, -0.15) is 0 Å². The molecule has 294 valence electrons. The highest BCUT2D eigenvalue weighted by molar-refractivity contribution is 6.03. The molecule has 3 aromatic heterocycles. The van der Waals surface area contributed by atoms with Crippen molar-refractivity contribution in [3.8, 4) is 51.0 Å². The Balaban J connectivity index is 1.06. The second-order valence-corrected chi connectivity index (χ2v) is 16.2. The van der Waals surface area contributed by atoms with Crippen LogP contribution >= 0.6 is 0 Å². The Labute approximate surface area is 360 Å². The first kappa shape index (κ1) is 35.9. The Kier molecular flexibility index (Phi) is 8.46. The SMILES string of the molecule is Cc1ccc(-n2c3c(c4cc(-c5ccccc5-c5nc6ccccc6n5-c5ccccc5)ccc42)C=C(c2ccccc2-c2nc4ccccc4n2-c2ccccc2)CC3)cc1. The number of hydrogen-bond acceptors (Lipinski definition) is 2. The van der Waals surface area contributed by atoms with Crippen LogP contribution < -0.4 is 0 Å². The highest BCUT2D eigenvalue weighted by Crippen LogP contribution is 2.44. The van der Waals surface area contributed by atoms with Gasteiger partial charge in [-0.05, 0) is 121 Å². The van der Waals surface area contributed by atoms with Crippen molar-refractivity contribution in [3.05, 3.63) is 223 Å². The summed E-state index contributed by atoms with van der Waals surface area (Å²) < 4.78 is 7.09. The van der Waals surface area contributed by atoms with E-state index in [0.717, 1.165) is 80.2 Å². The minimum atomic E-state index is 0.903. The third-order valence-electron chi connectivity index (χ3n) is 12.5. The van der Waals surface area contributed by atoms with E-state index in [2.05, 4.69) is 227 Å². The monoisotopic (exact) mass is 795 g/mol. The first-order chi connectivity index (χ1) is 30.7. The summed E-state index contributed by atoms with van der Waals surface area (Å²) in [6.07, 6.45) is 4.27. The van der Waals surface area contributed by atoms with E-state index in [-0.39, 0.29) is 0 Å². The van der Waals surface area contributed by atoms with Gasteiger partial charge in [-0.3, -0.25) is 9.13 Å². The summed E-state index contributed by atoms with van der Waals surface area (Å²) in [6.45, 7) is 2.15. The molecule has 3 heterocycles. The van der Waals surface area contributed by atoms with Crippen LogP contribution in [0.5, 0.6) is 0 Å². The van der Waals surface area contributed by atoms with E-state index in [9.17, 15) is 0 Å². The standard InChI is InChI=1S/C57H41N5/c1-38-28-32-43(33-29-38)60-52-34-30-39(44-20-8-10-22-46(44)56-58-50-24-12-14-26-54(50)61(56)41-16-4-2-5-17-41)36-48(52)49-37-40(31-35-53(49)60)45-21-9-11-23-47(45)57-59-51-25-13-15-27-55(51)62(57)42-18-6-3-7-19-42/h2-30,32-34,36-37H,31,35H2,1H3. The fourth-order valence-electron chi connectivity index (χ4n) is 9.62. The summed E-state index contributed by atoms with van der Waals surface area (Å²) in [5, 5.41) is 1.23. The van der Waals surface area contributed by atoms with Crippen LogP contribution in [-0.4, -0.2) is 23.7 Å². The van der Waals surface area contributed by atoms with E-state index >= 15 is 0 Å². The summed E-state index contributed by atoms with van der Waals surface area (Å²) in [5.74, 6) is 1.87. The first-order valence-corrected chi connectivity index (χ1v) is 21.4. The topological polar surface area (TPSA) is 40.6 Å². The van der Waals surface area contributed by atoms with Gasteiger partial charge in [0, 0.05) is 44.8 Å². The molecule has 1 aliphatic rings. The molecule has 0 amide bonds. The molecular weight excluding hydrogens is 755 g/mol. The summed E-state index contributed by atoms with van der Waals surface area (Å²) in [4.78, 5) is 10.6. The Bertz CT molecular complexity index is 3510. The van der Waals surface area contributed by atoms with Crippen LogP contribution in [0, 0.1) is 6.92 Å². The third kappa shape index (κ3) is 5.85. The molecule has 0 spiro atoms. The lowest BCUT2D eigenvalue weighted by Crippen LogP contribution is -2.06. The van der Waals surface area contributed by atoms with Gasteiger partial charge in [-0.15, -0.1) is 0 Å². The Morgan fingerprint density at radius 3 is 1.52 bits per heavy atom. The molecule has 0 N–H and O–H groups in total. The van der Waals surface area contributed by atoms with E-state index in [1.54, 1.807) is 0 Å². The molecule has 0 aliphatic heterocycles. The normalized spacial score (nSPS) is 12.6. The van der Waals surface area contributed by atoms with Crippen molar-refractivity contribution >= 4 is 44.6 Å². The first-order valence-electron chi connectivity index (χ1n) is 21.4. The number of nitrogens with zero attached hydrogens (tertiary/aromatic N) is 5. The summed E-state index contributed by atoms with van der Waals surface area (Å²) in [6, 6.07) is 71.6. The number of imidazole rings is 2. The van der Waals surface area contributed by atoms with E-state index < -0.39 is 0 Å². The average Bonchev–Trinajstić information content (AvgIpc) is 4.02. The molecule has 0 fully saturated rings. The van der Waals surface area contributed by atoms with E-state index in [4.69, 9.17) is 9.97 Å². The molecule has 0 atom stereocenters. The number of hydrogen-bond donors (Lipinski definition) is 0. The van der Waals surface area contributed by atoms with Gasteiger partial charge in [0.05, 0.1) is 27.6 Å². The number of aromatic nitrogens is 5. The Morgan fingerprint density at radius 2 is 0.903 bits per heavy atom. The zero-order valence-electron chi connectivity index (χ0n) is 34.3. The number of rotatable bonds is 7. The minimum absolute atomic E-state index is 0.903. The highest BCUT2D eigenvalue weighted by atomic mass is 15.1. The molecule has 0 unspecified atom stereocenters. The summed E-state index contributed by atoms with van der Waals surface area (Å²) in [5.41, 5.74) is 19.6. The predicted octanol–water partition coefficient (Wildman–Crippen LogP) is 14.1. The largest absolute Gasteiger partial charge is 0.313 e. The maximum Gasteiger partial charge on any atom is 0.146 e. The van der Waals surface area contributed by atoms with Gasteiger partial charge in [-0.25, -0.2) is 9.97 Å². The lowest BCUT2D eigenvalue weighted by Gasteiger charge is -2.20. The van der Waals surface area contributed by atoms with Crippen molar-refractivity contribution in [2.45, 2.75) is 19.8 Å². The van der Waals surface area contributed by atoms with Crippen LogP contribution in [0.3, 0.4) is 0 Å². The van der Waals surface area contributed by atoms with Crippen LogP contribution in [-0.2, 0) is 6.42 Å². The maximum atomic E-state index is 5.30. The predicted molar refractivity (Wildman–Crippen MR) is 256 cm³/mol. The molecular formula is C57H41N5. The fourth-order valence-corrected chi connectivity index (χ4v) is 9.62. The van der Waals surface area contributed by atoms with Crippen molar-refractivity contribution in [2.75, 3.05) is 0 Å². The van der Waals surface area contributed by atoms with Crippen molar-refractivity contribution in [1.82, 2.24) is 23.7 Å².